The lowest BCUT2D eigenvalue weighted by Crippen LogP contribution is -2.54. The molecule has 0 bridgehead atoms. The number of rotatable bonds is 13. The number of benzene rings is 4. The van der Waals surface area contributed by atoms with Crippen molar-refractivity contribution in [3.05, 3.63) is 131 Å². The maximum absolute atomic E-state index is 14.4. The van der Waals surface area contributed by atoms with E-state index in [2.05, 4.69) is 5.32 Å². The van der Waals surface area contributed by atoms with E-state index in [1.807, 2.05) is 44.2 Å². The lowest BCUT2D eigenvalue weighted by atomic mass is 10.0. The number of hydrogen-bond acceptors (Lipinski definition) is 4. The molecule has 2 amide bonds. The van der Waals surface area contributed by atoms with E-state index in [1.165, 1.54) is 29.2 Å². The zero-order valence-corrected chi connectivity index (χ0v) is 26.1. The third-order valence-electron chi connectivity index (χ3n) is 7.26. The van der Waals surface area contributed by atoms with Crippen LogP contribution in [-0.4, -0.2) is 43.8 Å². The lowest BCUT2D eigenvalue weighted by molar-refractivity contribution is -0.140. The van der Waals surface area contributed by atoms with Gasteiger partial charge in [-0.15, -0.1) is 0 Å². The van der Waals surface area contributed by atoms with E-state index in [0.717, 1.165) is 22.0 Å². The number of sulfonamides is 1. The zero-order chi connectivity index (χ0) is 31.7. The van der Waals surface area contributed by atoms with Gasteiger partial charge in [0.15, 0.2) is 0 Å². The van der Waals surface area contributed by atoms with Crippen molar-refractivity contribution < 1.29 is 22.4 Å². The summed E-state index contributed by atoms with van der Waals surface area (Å²) in [5, 5.41) is 3.51. The fraction of sp³-hybridized carbons (Fsp3) is 0.235. The van der Waals surface area contributed by atoms with Crippen LogP contribution in [0.25, 0.3) is 0 Å². The van der Waals surface area contributed by atoms with E-state index in [9.17, 15) is 22.4 Å². The molecule has 7 nitrogen and oxygen atoms in total. The second-order valence-corrected chi connectivity index (χ2v) is 12.8. The maximum Gasteiger partial charge on any atom is 0.264 e. The van der Waals surface area contributed by atoms with Gasteiger partial charge in [0.1, 0.15) is 18.4 Å². The number of nitrogens with one attached hydrogen (secondary N) is 1. The van der Waals surface area contributed by atoms with E-state index >= 15 is 0 Å². The summed E-state index contributed by atoms with van der Waals surface area (Å²) in [4.78, 5) is 29.6. The molecule has 0 aliphatic heterocycles. The third kappa shape index (κ3) is 8.45. The molecule has 0 unspecified atom stereocenters. The molecule has 0 saturated heterocycles. The molecule has 0 spiro atoms. The number of hydrogen-bond donors (Lipinski definition) is 1. The van der Waals surface area contributed by atoms with E-state index in [1.54, 1.807) is 42.5 Å². The monoisotopic (exact) mass is 635 g/mol. The van der Waals surface area contributed by atoms with Crippen molar-refractivity contribution in [3.8, 4) is 0 Å². The summed E-state index contributed by atoms with van der Waals surface area (Å²) in [5.41, 5.74) is 1.65. The Labute approximate surface area is 263 Å². The van der Waals surface area contributed by atoms with Crippen LogP contribution in [0.5, 0.6) is 0 Å². The Morgan fingerprint density at radius 1 is 0.841 bits per heavy atom. The fourth-order valence-electron chi connectivity index (χ4n) is 4.64. The Kier molecular flexibility index (Phi) is 11.1. The SMILES string of the molecule is CC[C@H](C)NC(=O)[C@H](Cc1ccccc1)N(Cc1ccc(Cl)cc1)C(=O)CN(c1ccc(F)cc1)S(=O)(=O)c1ccccc1. The standard InChI is InChI=1S/C34H35ClFN3O4S/c1-3-25(2)37-34(41)32(22-26-10-6-4-7-11-26)38(23-27-14-16-28(35)17-15-27)33(40)24-39(30-20-18-29(36)19-21-30)44(42,43)31-12-8-5-9-13-31/h4-21,25,32H,3,22-24H2,1-2H3,(H,37,41)/t25-,32-/m0/s1. The van der Waals surface area contributed by atoms with Crippen molar-refractivity contribution in [1.82, 2.24) is 10.2 Å². The Balaban J connectivity index is 1.79. The summed E-state index contributed by atoms with van der Waals surface area (Å²) < 4.78 is 42.7. The Bertz CT molecular complexity index is 1640. The normalized spacial score (nSPS) is 12.6. The highest BCUT2D eigenvalue weighted by molar-refractivity contribution is 7.92. The Morgan fingerprint density at radius 2 is 1.43 bits per heavy atom. The minimum Gasteiger partial charge on any atom is -0.352 e. The first-order chi connectivity index (χ1) is 21.1. The van der Waals surface area contributed by atoms with Crippen molar-refractivity contribution in [2.45, 2.75) is 50.2 Å². The predicted molar refractivity (Wildman–Crippen MR) is 171 cm³/mol. The molecule has 0 heterocycles. The third-order valence-corrected chi connectivity index (χ3v) is 9.30. The first kappa shape index (κ1) is 32.7. The molecule has 0 aliphatic carbocycles. The van der Waals surface area contributed by atoms with Crippen LogP contribution in [-0.2, 0) is 32.6 Å². The molecule has 4 rings (SSSR count). The van der Waals surface area contributed by atoms with Crippen LogP contribution < -0.4 is 9.62 Å². The number of halogens is 2. The zero-order valence-electron chi connectivity index (χ0n) is 24.6. The van der Waals surface area contributed by atoms with Crippen molar-refractivity contribution in [2.75, 3.05) is 10.8 Å². The second kappa shape index (κ2) is 15.0. The maximum atomic E-state index is 14.4. The first-order valence-corrected chi connectivity index (χ1v) is 16.1. The average molecular weight is 636 g/mol. The van der Waals surface area contributed by atoms with Crippen molar-refractivity contribution in [3.63, 3.8) is 0 Å². The van der Waals surface area contributed by atoms with Gasteiger partial charge < -0.3 is 10.2 Å². The van der Waals surface area contributed by atoms with Crippen LogP contribution >= 0.6 is 11.6 Å². The van der Waals surface area contributed by atoms with Gasteiger partial charge in [-0.25, -0.2) is 12.8 Å². The van der Waals surface area contributed by atoms with Crippen LogP contribution in [0.15, 0.2) is 114 Å². The topological polar surface area (TPSA) is 86.8 Å². The molecule has 230 valence electrons. The molecule has 0 saturated carbocycles. The number of carbonyl (C=O) groups excluding carboxylic acids is 2. The molecule has 44 heavy (non-hydrogen) atoms. The van der Waals surface area contributed by atoms with Gasteiger partial charge in [0.2, 0.25) is 11.8 Å². The predicted octanol–water partition coefficient (Wildman–Crippen LogP) is 6.23. The van der Waals surface area contributed by atoms with Gasteiger partial charge in [0.05, 0.1) is 10.6 Å². The molecule has 10 heteroatoms. The summed E-state index contributed by atoms with van der Waals surface area (Å²) in [6.45, 7) is 3.22. The number of amides is 2. The van der Waals surface area contributed by atoms with E-state index < -0.39 is 34.3 Å². The van der Waals surface area contributed by atoms with Crippen LogP contribution in [0.4, 0.5) is 10.1 Å². The molecule has 4 aromatic rings. The molecule has 0 aliphatic rings. The van der Waals surface area contributed by atoms with Crippen molar-refractivity contribution >= 4 is 39.1 Å². The number of anilines is 1. The summed E-state index contributed by atoms with van der Waals surface area (Å²) in [5.74, 6) is -1.51. The second-order valence-electron chi connectivity index (χ2n) is 10.5. The van der Waals surface area contributed by atoms with Crippen LogP contribution in [0.2, 0.25) is 5.02 Å². The van der Waals surface area contributed by atoms with Crippen LogP contribution in [0.1, 0.15) is 31.4 Å². The minimum absolute atomic E-state index is 0.0179. The minimum atomic E-state index is -4.26. The summed E-state index contributed by atoms with van der Waals surface area (Å²) in [6, 6.07) is 27.7. The van der Waals surface area contributed by atoms with Gasteiger partial charge in [-0.3, -0.25) is 13.9 Å². The van der Waals surface area contributed by atoms with Crippen LogP contribution in [0, 0.1) is 5.82 Å². The highest BCUT2D eigenvalue weighted by atomic mass is 35.5. The van der Waals surface area contributed by atoms with Crippen molar-refractivity contribution in [2.24, 2.45) is 0 Å². The molecule has 0 aromatic heterocycles. The van der Waals surface area contributed by atoms with E-state index in [4.69, 9.17) is 11.6 Å². The highest BCUT2D eigenvalue weighted by Gasteiger charge is 2.35. The van der Waals surface area contributed by atoms with Crippen molar-refractivity contribution in [1.29, 1.82) is 0 Å². The fourth-order valence-corrected chi connectivity index (χ4v) is 6.20. The molecular weight excluding hydrogens is 601 g/mol. The van der Waals surface area contributed by atoms with E-state index in [-0.39, 0.29) is 35.5 Å². The molecular formula is C34H35ClFN3O4S. The Hall–Kier alpha value is -4.21. The molecule has 1 N–H and O–H groups in total. The van der Waals surface area contributed by atoms with Gasteiger partial charge >= 0.3 is 0 Å². The number of nitrogens with zero attached hydrogens (tertiary/aromatic N) is 2. The highest BCUT2D eigenvalue weighted by Crippen LogP contribution is 2.25. The quantitative estimate of drug-likeness (QED) is 0.189. The van der Waals surface area contributed by atoms with Gasteiger partial charge in [-0.2, -0.15) is 0 Å². The average Bonchev–Trinajstić information content (AvgIpc) is 3.03. The molecule has 4 aromatic carbocycles. The molecule has 0 fully saturated rings. The van der Waals surface area contributed by atoms with Gasteiger partial charge in [0.25, 0.3) is 10.0 Å². The summed E-state index contributed by atoms with van der Waals surface area (Å²) in [7, 11) is -4.26. The summed E-state index contributed by atoms with van der Waals surface area (Å²) >= 11 is 6.12. The smallest absolute Gasteiger partial charge is 0.264 e. The van der Waals surface area contributed by atoms with Gasteiger partial charge in [-0.1, -0.05) is 79.2 Å². The van der Waals surface area contributed by atoms with E-state index in [0.29, 0.717) is 17.0 Å². The lowest BCUT2D eigenvalue weighted by Gasteiger charge is -2.34. The van der Waals surface area contributed by atoms with Gasteiger partial charge in [0, 0.05) is 24.0 Å². The molecule has 2 atom stereocenters. The number of carbonyl (C=O) groups is 2. The van der Waals surface area contributed by atoms with Gasteiger partial charge in [-0.05, 0) is 73.0 Å². The first-order valence-electron chi connectivity index (χ1n) is 14.3. The summed E-state index contributed by atoms with van der Waals surface area (Å²) in [6.07, 6.45) is 0.882. The van der Waals surface area contributed by atoms with Crippen LogP contribution in [0.3, 0.4) is 0 Å². The molecule has 0 radical (unpaired) electrons. The largest absolute Gasteiger partial charge is 0.352 e. The Morgan fingerprint density at radius 3 is 2.02 bits per heavy atom.